The summed E-state index contributed by atoms with van der Waals surface area (Å²) in [5.41, 5.74) is 0. The lowest BCUT2D eigenvalue weighted by Gasteiger charge is -2.03. The van der Waals surface area contributed by atoms with Crippen molar-refractivity contribution in [3.05, 3.63) is 0 Å². The highest BCUT2D eigenvalue weighted by atomic mass is 16.2. The molecule has 0 saturated carbocycles. The molecule has 0 atom stereocenters. The SMILES string of the molecule is CNC(=O)C(=O)NCCCN1CC1. The minimum atomic E-state index is -0.577. The molecule has 1 rings (SSSR count). The molecule has 0 aromatic carbocycles. The van der Waals surface area contributed by atoms with Gasteiger partial charge in [0, 0.05) is 26.7 Å². The first-order chi connectivity index (χ1) is 6.24. The Kier molecular flexibility index (Phi) is 3.70. The Morgan fingerprint density at radius 3 is 2.54 bits per heavy atom. The molecule has 74 valence electrons. The van der Waals surface area contributed by atoms with E-state index in [-0.39, 0.29) is 0 Å². The summed E-state index contributed by atoms with van der Waals surface area (Å²) in [5, 5.41) is 4.80. The fourth-order valence-corrected chi connectivity index (χ4v) is 0.993. The van der Waals surface area contributed by atoms with Gasteiger partial charge in [0.25, 0.3) is 0 Å². The van der Waals surface area contributed by atoms with Crippen molar-refractivity contribution in [3.63, 3.8) is 0 Å². The second-order valence-electron chi connectivity index (χ2n) is 3.03. The van der Waals surface area contributed by atoms with Crippen molar-refractivity contribution in [2.75, 3.05) is 33.2 Å². The molecule has 2 N–H and O–H groups in total. The van der Waals surface area contributed by atoms with Crippen LogP contribution in [0.15, 0.2) is 0 Å². The van der Waals surface area contributed by atoms with Gasteiger partial charge in [-0.05, 0) is 13.0 Å². The molecule has 1 aliphatic heterocycles. The topological polar surface area (TPSA) is 61.2 Å². The summed E-state index contributed by atoms with van der Waals surface area (Å²) in [7, 11) is 1.44. The average molecular weight is 185 g/mol. The van der Waals surface area contributed by atoms with Crippen LogP contribution in [0, 0.1) is 0 Å². The largest absolute Gasteiger partial charge is 0.351 e. The van der Waals surface area contributed by atoms with Crippen LogP contribution in [0.4, 0.5) is 0 Å². The summed E-state index contributed by atoms with van der Waals surface area (Å²) in [5.74, 6) is -1.12. The van der Waals surface area contributed by atoms with E-state index in [0.717, 1.165) is 13.0 Å². The zero-order chi connectivity index (χ0) is 9.68. The van der Waals surface area contributed by atoms with Crippen LogP contribution in [0.2, 0.25) is 0 Å². The standard InChI is InChI=1S/C8H15N3O2/c1-9-7(12)8(13)10-3-2-4-11-5-6-11/h2-6H2,1H3,(H,9,12)(H,10,13). The fourth-order valence-electron chi connectivity index (χ4n) is 0.993. The Morgan fingerprint density at radius 2 is 2.00 bits per heavy atom. The van der Waals surface area contributed by atoms with Gasteiger partial charge in [-0.15, -0.1) is 0 Å². The lowest BCUT2D eigenvalue weighted by Crippen LogP contribution is -2.38. The third-order valence-corrected chi connectivity index (χ3v) is 1.91. The Hall–Kier alpha value is -1.10. The van der Waals surface area contributed by atoms with Crippen molar-refractivity contribution in [2.24, 2.45) is 0 Å². The Morgan fingerprint density at radius 1 is 1.31 bits per heavy atom. The van der Waals surface area contributed by atoms with E-state index >= 15 is 0 Å². The molecule has 1 fully saturated rings. The number of hydrogen-bond acceptors (Lipinski definition) is 3. The van der Waals surface area contributed by atoms with E-state index in [0.29, 0.717) is 6.54 Å². The van der Waals surface area contributed by atoms with Gasteiger partial charge < -0.3 is 15.5 Å². The molecule has 1 heterocycles. The molecule has 1 saturated heterocycles. The van der Waals surface area contributed by atoms with Gasteiger partial charge in [-0.1, -0.05) is 0 Å². The quantitative estimate of drug-likeness (QED) is 0.320. The summed E-state index contributed by atoms with van der Waals surface area (Å²) >= 11 is 0. The molecule has 5 nitrogen and oxygen atoms in total. The highest BCUT2D eigenvalue weighted by Gasteiger charge is 2.16. The summed E-state index contributed by atoms with van der Waals surface area (Å²) in [4.78, 5) is 23.9. The van der Waals surface area contributed by atoms with Crippen LogP contribution in [0.25, 0.3) is 0 Å². The Labute approximate surface area is 77.5 Å². The van der Waals surface area contributed by atoms with Gasteiger partial charge in [0.15, 0.2) is 0 Å². The van der Waals surface area contributed by atoms with Gasteiger partial charge in [-0.3, -0.25) is 9.59 Å². The predicted octanol–water partition coefficient (Wildman–Crippen LogP) is -1.45. The van der Waals surface area contributed by atoms with Crippen LogP contribution >= 0.6 is 0 Å². The highest BCUT2D eigenvalue weighted by Crippen LogP contribution is 2.02. The minimum absolute atomic E-state index is 0.548. The lowest BCUT2D eigenvalue weighted by atomic mass is 10.4. The maximum Gasteiger partial charge on any atom is 0.309 e. The van der Waals surface area contributed by atoms with E-state index in [1.807, 2.05) is 0 Å². The van der Waals surface area contributed by atoms with E-state index in [4.69, 9.17) is 0 Å². The fraction of sp³-hybridized carbons (Fsp3) is 0.750. The molecule has 1 aliphatic rings. The third kappa shape index (κ3) is 3.89. The van der Waals surface area contributed by atoms with Crippen molar-refractivity contribution in [1.82, 2.24) is 15.5 Å². The number of hydrogen-bond donors (Lipinski definition) is 2. The predicted molar refractivity (Wildman–Crippen MR) is 48.1 cm³/mol. The van der Waals surface area contributed by atoms with Gasteiger partial charge >= 0.3 is 11.8 Å². The first-order valence-corrected chi connectivity index (χ1v) is 4.46. The molecule has 0 spiro atoms. The van der Waals surface area contributed by atoms with Gasteiger partial charge in [0.2, 0.25) is 0 Å². The summed E-state index contributed by atoms with van der Waals surface area (Å²) in [6.45, 7) is 3.92. The van der Waals surface area contributed by atoms with Crippen molar-refractivity contribution in [2.45, 2.75) is 6.42 Å². The molecule has 0 aromatic rings. The molecule has 0 bridgehead atoms. The van der Waals surface area contributed by atoms with Crippen LogP contribution in [-0.2, 0) is 9.59 Å². The van der Waals surface area contributed by atoms with Crippen LogP contribution in [0.3, 0.4) is 0 Å². The number of carbonyl (C=O) groups excluding carboxylic acids is 2. The van der Waals surface area contributed by atoms with Crippen LogP contribution in [-0.4, -0.2) is 49.9 Å². The summed E-state index contributed by atoms with van der Waals surface area (Å²) in [6, 6.07) is 0. The molecule has 0 radical (unpaired) electrons. The molecule has 0 aromatic heterocycles. The molecule has 13 heavy (non-hydrogen) atoms. The first-order valence-electron chi connectivity index (χ1n) is 4.46. The minimum Gasteiger partial charge on any atom is -0.351 e. The molecule has 5 heteroatoms. The normalized spacial score (nSPS) is 15.2. The molecular formula is C8H15N3O2. The zero-order valence-electron chi connectivity index (χ0n) is 7.80. The Bertz CT molecular complexity index is 202. The van der Waals surface area contributed by atoms with Gasteiger partial charge in [-0.25, -0.2) is 0 Å². The molecule has 2 amide bonds. The number of rotatable bonds is 4. The van der Waals surface area contributed by atoms with Gasteiger partial charge in [0.05, 0.1) is 0 Å². The number of nitrogens with one attached hydrogen (secondary N) is 2. The average Bonchev–Trinajstić information content (AvgIpc) is 2.94. The second-order valence-corrected chi connectivity index (χ2v) is 3.03. The zero-order valence-corrected chi connectivity index (χ0v) is 7.80. The van der Waals surface area contributed by atoms with Crippen LogP contribution in [0.5, 0.6) is 0 Å². The lowest BCUT2D eigenvalue weighted by molar-refractivity contribution is -0.138. The van der Waals surface area contributed by atoms with Crippen molar-refractivity contribution >= 4 is 11.8 Å². The summed E-state index contributed by atoms with van der Waals surface area (Å²) < 4.78 is 0. The monoisotopic (exact) mass is 185 g/mol. The van der Waals surface area contributed by atoms with Gasteiger partial charge in [0.1, 0.15) is 0 Å². The maximum absolute atomic E-state index is 10.9. The molecular weight excluding hydrogens is 170 g/mol. The van der Waals surface area contributed by atoms with Crippen LogP contribution in [0.1, 0.15) is 6.42 Å². The number of carbonyl (C=O) groups is 2. The number of amides is 2. The van der Waals surface area contributed by atoms with Crippen molar-refractivity contribution in [3.8, 4) is 0 Å². The molecule has 0 unspecified atom stereocenters. The van der Waals surface area contributed by atoms with E-state index in [1.165, 1.54) is 20.1 Å². The van der Waals surface area contributed by atoms with E-state index in [9.17, 15) is 9.59 Å². The van der Waals surface area contributed by atoms with E-state index in [2.05, 4.69) is 15.5 Å². The number of nitrogens with zero attached hydrogens (tertiary/aromatic N) is 1. The van der Waals surface area contributed by atoms with E-state index < -0.39 is 11.8 Å². The van der Waals surface area contributed by atoms with Crippen LogP contribution < -0.4 is 10.6 Å². The van der Waals surface area contributed by atoms with Crippen molar-refractivity contribution in [1.29, 1.82) is 0 Å². The highest BCUT2D eigenvalue weighted by molar-refractivity contribution is 6.34. The second kappa shape index (κ2) is 4.81. The summed E-state index contributed by atoms with van der Waals surface area (Å²) in [6.07, 6.45) is 0.905. The van der Waals surface area contributed by atoms with Gasteiger partial charge in [-0.2, -0.15) is 0 Å². The first kappa shape index (κ1) is 9.98. The smallest absolute Gasteiger partial charge is 0.309 e. The maximum atomic E-state index is 10.9. The Balaban J connectivity index is 1.97. The van der Waals surface area contributed by atoms with E-state index in [1.54, 1.807) is 0 Å². The number of likely N-dealkylation sites (N-methyl/N-ethyl adjacent to an activating group) is 1. The van der Waals surface area contributed by atoms with Crippen molar-refractivity contribution < 1.29 is 9.59 Å². The third-order valence-electron chi connectivity index (χ3n) is 1.91. The molecule has 0 aliphatic carbocycles.